The van der Waals surface area contributed by atoms with Crippen molar-refractivity contribution in [1.82, 2.24) is 0 Å². The largest absolute Gasteiger partial charge is 0.462 e. The van der Waals surface area contributed by atoms with Gasteiger partial charge >= 0.3 is 5.97 Å². The molecule has 1 fully saturated rings. The normalized spacial score (nSPS) is 36.8. The summed E-state index contributed by atoms with van der Waals surface area (Å²) >= 11 is 0. The van der Waals surface area contributed by atoms with Crippen LogP contribution in [0.5, 0.6) is 0 Å². The molecule has 0 spiro atoms. The van der Waals surface area contributed by atoms with Crippen molar-refractivity contribution in [3.63, 3.8) is 0 Å². The van der Waals surface area contributed by atoms with E-state index in [-0.39, 0.29) is 17.6 Å². The molecule has 0 saturated carbocycles. The Morgan fingerprint density at radius 1 is 1.25 bits per heavy atom. The van der Waals surface area contributed by atoms with Crippen LogP contribution in [0.4, 0.5) is 0 Å². The van der Waals surface area contributed by atoms with Gasteiger partial charge in [-0.3, -0.25) is 4.79 Å². The topological polar surface area (TPSA) is 26.3 Å². The standard InChI is InChI=1S/C9H18O2Si/c1-6-7(2)11-9(10)8(6)12(3,4)5/h6-8H,1-5H3/t6-,7+,8?/m1/s1. The summed E-state index contributed by atoms with van der Waals surface area (Å²) in [6.07, 6.45) is 0.120. The van der Waals surface area contributed by atoms with Crippen LogP contribution in [-0.2, 0) is 9.53 Å². The molecule has 0 aromatic rings. The molecule has 1 saturated heterocycles. The Morgan fingerprint density at radius 3 is 1.92 bits per heavy atom. The predicted octanol–water partition coefficient (Wildman–Crippen LogP) is 2.28. The van der Waals surface area contributed by atoms with Gasteiger partial charge in [0.1, 0.15) is 6.10 Å². The SMILES string of the molecule is C[C@@H]1OC(=O)C([Si](C)(C)C)[C@@H]1C. The highest BCUT2D eigenvalue weighted by Gasteiger charge is 2.46. The average molecular weight is 186 g/mol. The Balaban J connectivity index is 2.84. The molecule has 0 aromatic heterocycles. The first-order valence-electron chi connectivity index (χ1n) is 4.54. The number of ether oxygens (including phenoxy) is 1. The number of hydrogen-bond acceptors (Lipinski definition) is 2. The fourth-order valence-corrected chi connectivity index (χ4v) is 4.62. The zero-order valence-corrected chi connectivity index (χ0v) is 9.55. The maximum Gasteiger partial charge on any atom is 0.306 e. The Morgan fingerprint density at radius 2 is 1.75 bits per heavy atom. The van der Waals surface area contributed by atoms with Gasteiger partial charge in [0.25, 0.3) is 0 Å². The van der Waals surface area contributed by atoms with Crippen LogP contribution in [0.2, 0.25) is 25.2 Å². The maximum atomic E-state index is 11.5. The lowest BCUT2D eigenvalue weighted by Crippen LogP contribution is -2.34. The molecule has 0 bridgehead atoms. The molecular weight excluding hydrogens is 168 g/mol. The number of cyclic esters (lactones) is 1. The van der Waals surface area contributed by atoms with E-state index < -0.39 is 8.07 Å². The molecule has 3 atom stereocenters. The Bertz CT molecular complexity index is 195. The summed E-state index contributed by atoms with van der Waals surface area (Å²) in [6, 6.07) is 0. The van der Waals surface area contributed by atoms with Gasteiger partial charge in [-0.25, -0.2) is 0 Å². The zero-order valence-electron chi connectivity index (χ0n) is 8.55. The van der Waals surface area contributed by atoms with Crippen LogP contribution in [-0.4, -0.2) is 20.1 Å². The quantitative estimate of drug-likeness (QED) is 0.464. The maximum absolute atomic E-state index is 11.5. The first-order chi connectivity index (χ1) is 5.34. The van der Waals surface area contributed by atoms with Crippen molar-refractivity contribution < 1.29 is 9.53 Å². The fraction of sp³-hybridized carbons (Fsp3) is 0.889. The van der Waals surface area contributed by atoms with Gasteiger partial charge in [-0.2, -0.15) is 0 Å². The number of carbonyl (C=O) groups is 1. The molecule has 0 aromatic carbocycles. The molecule has 70 valence electrons. The molecule has 1 unspecified atom stereocenters. The van der Waals surface area contributed by atoms with Crippen LogP contribution in [0.3, 0.4) is 0 Å². The zero-order chi connectivity index (χ0) is 9.52. The first-order valence-corrected chi connectivity index (χ1v) is 8.12. The van der Waals surface area contributed by atoms with E-state index in [0.29, 0.717) is 5.92 Å². The summed E-state index contributed by atoms with van der Waals surface area (Å²) in [5.41, 5.74) is 0.201. The Labute approximate surface area is 75.3 Å². The fourth-order valence-electron chi connectivity index (χ4n) is 1.99. The smallest absolute Gasteiger partial charge is 0.306 e. The molecule has 1 aliphatic heterocycles. The molecule has 1 heterocycles. The molecule has 0 N–H and O–H groups in total. The summed E-state index contributed by atoms with van der Waals surface area (Å²) < 4.78 is 5.21. The molecule has 12 heavy (non-hydrogen) atoms. The molecule has 2 nitrogen and oxygen atoms in total. The number of hydrogen-bond donors (Lipinski definition) is 0. The van der Waals surface area contributed by atoms with Crippen LogP contribution in [0.15, 0.2) is 0 Å². The molecule has 1 aliphatic rings. The van der Waals surface area contributed by atoms with Gasteiger partial charge in [0.15, 0.2) is 0 Å². The highest BCUT2D eigenvalue weighted by molar-refractivity contribution is 6.80. The van der Waals surface area contributed by atoms with Gasteiger partial charge in [-0.1, -0.05) is 26.6 Å². The summed E-state index contributed by atoms with van der Waals surface area (Å²) in [5.74, 6) is 0.443. The second kappa shape index (κ2) is 2.87. The summed E-state index contributed by atoms with van der Waals surface area (Å²) in [6.45, 7) is 10.8. The van der Waals surface area contributed by atoms with Crippen molar-refractivity contribution in [2.24, 2.45) is 5.92 Å². The van der Waals surface area contributed by atoms with Gasteiger partial charge < -0.3 is 4.74 Å². The van der Waals surface area contributed by atoms with Gasteiger partial charge in [-0.15, -0.1) is 0 Å². The Hall–Kier alpha value is -0.313. The molecule has 0 amide bonds. The van der Waals surface area contributed by atoms with E-state index in [1.807, 2.05) is 6.92 Å². The van der Waals surface area contributed by atoms with Crippen LogP contribution in [0.25, 0.3) is 0 Å². The van der Waals surface area contributed by atoms with Crippen molar-refractivity contribution in [1.29, 1.82) is 0 Å². The van der Waals surface area contributed by atoms with Crippen molar-refractivity contribution >= 4 is 14.0 Å². The first kappa shape index (κ1) is 9.77. The third kappa shape index (κ3) is 1.55. The molecular formula is C9H18O2Si. The van der Waals surface area contributed by atoms with E-state index in [9.17, 15) is 4.79 Å². The average Bonchev–Trinajstić information content (AvgIpc) is 2.05. The van der Waals surface area contributed by atoms with Crippen LogP contribution < -0.4 is 0 Å². The molecule has 1 rings (SSSR count). The predicted molar refractivity (Wildman–Crippen MR) is 51.8 cm³/mol. The minimum atomic E-state index is -1.37. The summed E-state index contributed by atoms with van der Waals surface area (Å²) in [4.78, 5) is 11.5. The minimum absolute atomic E-state index is 0.0363. The van der Waals surface area contributed by atoms with E-state index in [1.165, 1.54) is 0 Å². The molecule has 3 heteroatoms. The van der Waals surface area contributed by atoms with E-state index in [1.54, 1.807) is 0 Å². The van der Waals surface area contributed by atoms with Crippen molar-refractivity contribution in [3.05, 3.63) is 0 Å². The van der Waals surface area contributed by atoms with Crippen LogP contribution in [0.1, 0.15) is 13.8 Å². The van der Waals surface area contributed by atoms with E-state index in [2.05, 4.69) is 26.6 Å². The monoisotopic (exact) mass is 186 g/mol. The summed E-state index contributed by atoms with van der Waals surface area (Å²) in [5, 5.41) is 0. The Kier molecular flexibility index (Phi) is 2.34. The second-order valence-electron chi connectivity index (χ2n) is 4.84. The number of esters is 1. The van der Waals surface area contributed by atoms with Gasteiger partial charge in [0, 0.05) is 5.92 Å². The van der Waals surface area contributed by atoms with Crippen molar-refractivity contribution in [2.45, 2.75) is 45.1 Å². The molecule has 0 aliphatic carbocycles. The lowest BCUT2D eigenvalue weighted by Gasteiger charge is -2.24. The minimum Gasteiger partial charge on any atom is -0.462 e. The lowest BCUT2D eigenvalue weighted by atomic mass is 10.1. The van der Waals surface area contributed by atoms with Gasteiger partial charge in [0.05, 0.1) is 13.6 Å². The third-order valence-corrected chi connectivity index (χ3v) is 5.38. The number of rotatable bonds is 1. The van der Waals surface area contributed by atoms with E-state index >= 15 is 0 Å². The highest BCUT2D eigenvalue weighted by atomic mass is 28.3. The highest BCUT2D eigenvalue weighted by Crippen LogP contribution is 2.39. The third-order valence-electron chi connectivity index (χ3n) is 2.76. The molecule has 0 radical (unpaired) electrons. The van der Waals surface area contributed by atoms with Crippen molar-refractivity contribution in [3.8, 4) is 0 Å². The van der Waals surface area contributed by atoms with E-state index in [4.69, 9.17) is 4.74 Å². The second-order valence-corrected chi connectivity index (χ2v) is 10.2. The lowest BCUT2D eigenvalue weighted by molar-refractivity contribution is -0.140. The number of carbonyl (C=O) groups excluding carboxylic acids is 1. The van der Waals surface area contributed by atoms with Gasteiger partial charge in [0.2, 0.25) is 0 Å². The van der Waals surface area contributed by atoms with Gasteiger partial charge in [-0.05, 0) is 6.92 Å². The van der Waals surface area contributed by atoms with Crippen LogP contribution >= 0.6 is 0 Å². The summed E-state index contributed by atoms with van der Waals surface area (Å²) in [7, 11) is -1.37. The van der Waals surface area contributed by atoms with Crippen LogP contribution in [0, 0.1) is 5.92 Å². The van der Waals surface area contributed by atoms with E-state index in [0.717, 1.165) is 0 Å². The van der Waals surface area contributed by atoms with Crippen molar-refractivity contribution in [2.75, 3.05) is 0 Å².